The summed E-state index contributed by atoms with van der Waals surface area (Å²) in [5.41, 5.74) is 1.93. The zero-order chi connectivity index (χ0) is 12.8. The largest absolute Gasteiger partial charge is 0.458 e. The molecule has 0 spiro atoms. The number of hydrogen-bond acceptors (Lipinski definition) is 3. The third-order valence-corrected chi connectivity index (χ3v) is 4.57. The average molecular weight is 250 g/mol. The van der Waals surface area contributed by atoms with Crippen molar-refractivity contribution >= 4 is 5.97 Å². The van der Waals surface area contributed by atoms with Crippen LogP contribution in [0.1, 0.15) is 20.3 Å². The molecule has 0 aromatic rings. The Labute approximate surface area is 107 Å². The summed E-state index contributed by atoms with van der Waals surface area (Å²) in [5, 5.41) is 0. The van der Waals surface area contributed by atoms with Gasteiger partial charge in [0.05, 0.1) is 6.54 Å². The molecule has 3 rings (SSSR count). The third-order valence-electron chi connectivity index (χ3n) is 4.57. The molecule has 18 heavy (non-hydrogen) atoms. The van der Waals surface area contributed by atoms with Crippen molar-refractivity contribution in [3.05, 3.63) is 23.3 Å². The SMILES string of the molecule is C/C=C(/C)C(=O)OCC1=CC[N@@+]23CC[C@@H](OC2)[C@H]13. The Balaban J connectivity index is 1.64. The van der Waals surface area contributed by atoms with Crippen LogP contribution in [-0.2, 0) is 14.3 Å². The number of carbonyl (C=O) groups excluding carboxylic acids is 1. The summed E-state index contributed by atoms with van der Waals surface area (Å²) >= 11 is 0. The Morgan fingerprint density at radius 3 is 3.17 bits per heavy atom. The average Bonchev–Trinajstić information content (AvgIpc) is 3.02. The minimum absolute atomic E-state index is 0.210. The van der Waals surface area contributed by atoms with Crippen LogP contribution in [0.15, 0.2) is 23.3 Å². The van der Waals surface area contributed by atoms with Crippen LogP contribution in [0.4, 0.5) is 0 Å². The lowest BCUT2D eigenvalue weighted by molar-refractivity contribution is -0.926. The second-order valence-electron chi connectivity index (χ2n) is 5.52. The second kappa shape index (κ2) is 4.21. The van der Waals surface area contributed by atoms with Crippen molar-refractivity contribution in [3.63, 3.8) is 0 Å². The van der Waals surface area contributed by atoms with E-state index in [2.05, 4.69) is 6.08 Å². The van der Waals surface area contributed by atoms with Crippen LogP contribution < -0.4 is 0 Å². The maximum absolute atomic E-state index is 11.6. The van der Waals surface area contributed by atoms with E-state index in [0.29, 0.717) is 24.3 Å². The molecule has 0 aliphatic carbocycles. The fraction of sp³-hybridized carbons (Fsp3) is 0.643. The molecule has 2 fully saturated rings. The Bertz CT molecular complexity index is 430. The zero-order valence-electron chi connectivity index (χ0n) is 11.0. The number of esters is 1. The van der Waals surface area contributed by atoms with Crippen molar-refractivity contribution in [2.45, 2.75) is 32.4 Å². The van der Waals surface area contributed by atoms with Crippen LogP contribution in [0.25, 0.3) is 0 Å². The molecule has 98 valence electrons. The predicted octanol–water partition coefficient (Wildman–Crippen LogP) is 1.38. The highest BCUT2D eigenvalue weighted by atomic mass is 16.5. The molecule has 3 aliphatic rings. The molecule has 4 nitrogen and oxygen atoms in total. The van der Waals surface area contributed by atoms with Gasteiger partial charge in [0.1, 0.15) is 25.3 Å². The normalized spacial score (nSPS) is 37.7. The van der Waals surface area contributed by atoms with Gasteiger partial charge in [0, 0.05) is 17.6 Å². The van der Waals surface area contributed by atoms with Crippen LogP contribution in [0.2, 0.25) is 0 Å². The van der Waals surface area contributed by atoms with Crippen molar-refractivity contribution < 1.29 is 18.8 Å². The van der Waals surface area contributed by atoms with Crippen molar-refractivity contribution in [1.82, 2.24) is 0 Å². The molecule has 0 saturated carbocycles. The minimum Gasteiger partial charge on any atom is -0.458 e. The maximum Gasteiger partial charge on any atom is 0.333 e. The van der Waals surface area contributed by atoms with E-state index >= 15 is 0 Å². The highest BCUT2D eigenvalue weighted by Gasteiger charge is 2.58. The Hall–Kier alpha value is -1.13. The third kappa shape index (κ3) is 1.63. The summed E-state index contributed by atoms with van der Waals surface area (Å²) in [7, 11) is 0. The van der Waals surface area contributed by atoms with Crippen molar-refractivity contribution in [2.24, 2.45) is 0 Å². The van der Waals surface area contributed by atoms with E-state index in [4.69, 9.17) is 9.47 Å². The first-order chi connectivity index (χ1) is 8.66. The van der Waals surface area contributed by atoms with Gasteiger partial charge in [-0.05, 0) is 19.9 Å². The van der Waals surface area contributed by atoms with Gasteiger partial charge in [-0.2, -0.15) is 0 Å². The summed E-state index contributed by atoms with van der Waals surface area (Å²) in [6, 6.07) is 0.448. The molecule has 0 unspecified atom stereocenters. The van der Waals surface area contributed by atoms with E-state index in [-0.39, 0.29) is 5.97 Å². The zero-order valence-corrected chi connectivity index (χ0v) is 11.0. The van der Waals surface area contributed by atoms with E-state index < -0.39 is 0 Å². The fourth-order valence-electron chi connectivity index (χ4n) is 3.39. The smallest absolute Gasteiger partial charge is 0.333 e. The summed E-state index contributed by atoms with van der Waals surface area (Å²) in [6.07, 6.45) is 5.52. The van der Waals surface area contributed by atoms with Gasteiger partial charge >= 0.3 is 5.97 Å². The van der Waals surface area contributed by atoms with Crippen LogP contribution in [0.5, 0.6) is 0 Å². The number of nitrogens with zero attached hydrogens (tertiary/aromatic N) is 1. The molecule has 0 aromatic carbocycles. The topological polar surface area (TPSA) is 35.5 Å². The van der Waals surface area contributed by atoms with Gasteiger partial charge in [-0.15, -0.1) is 0 Å². The number of allylic oxidation sites excluding steroid dienone is 1. The first kappa shape index (κ1) is 11.9. The van der Waals surface area contributed by atoms with Gasteiger partial charge in [-0.3, -0.25) is 4.48 Å². The Morgan fingerprint density at radius 1 is 1.67 bits per heavy atom. The van der Waals surface area contributed by atoms with Gasteiger partial charge in [0.15, 0.2) is 6.73 Å². The second-order valence-corrected chi connectivity index (χ2v) is 5.52. The lowest BCUT2D eigenvalue weighted by Gasteiger charge is -2.29. The van der Waals surface area contributed by atoms with Crippen molar-refractivity contribution in [3.8, 4) is 0 Å². The molecular weight excluding hydrogens is 230 g/mol. The molecule has 2 bridgehead atoms. The van der Waals surface area contributed by atoms with Crippen LogP contribution in [-0.4, -0.2) is 49.0 Å². The molecule has 3 heterocycles. The summed E-state index contributed by atoms with van der Waals surface area (Å²) in [5.74, 6) is -0.210. The number of rotatable bonds is 3. The number of ether oxygens (including phenoxy) is 2. The molecule has 0 N–H and O–H groups in total. The predicted molar refractivity (Wildman–Crippen MR) is 66.6 cm³/mol. The first-order valence-corrected chi connectivity index (χ1v) is 6.62. The number of hydrogen-bond donors (Lipinski definition) is 0. The highest BCUT2D eigenvalue weighted by molar-refractivity contribution is 5.87. The molecule has 3 atom stereocenters. The van der Waals surface area contributed by atoms with Crippen molar-refractivity contribution in [1.29, 1.82) is 0 Å². The highest BCUT2D eigenvalue weighted by Crippen LogP contribution is 2.43. The van der Waals surface area contributed by atoms with E-state index in [1.165, 1.54) is 12.1 Å². The molecule has 4 heteroatoms. The van der Waals surface area contributed by atoms with Crippen LogP contribution in [0, 0.1) is 0 Å². The van der Waals surface area contributed by atoms with E-state index in [0.717, 1.165) is 24.2 Å². The molecule has 0 radical (unpaired) electrons. The van der Waals surface area contributed by atoms with Gasteiger partial charge in [0.25, 0.3) is 0 Å². The van der Waals surface area contributed by atoms with Crippen molar-refractivity contribution in [2.75, 3.05) is 26.4 Å². The Morgan fingerprint density at radius 2 is 2.50 bits per heavy atom. The maximum atomic E-state index is 11.6. The molecule has 0 aromatic heterocycles. The number of quaternary nitrogens is 1. The van der Waals surface area contributed by atoms with Crippen LogP contribution >= 0.6 is 0 Å². The lowest BCUT2D eigenvalue weighted by Crippen LogP contribution is -2.47. The van der Waals surface area contributed by atoms with E-state index in [1.807, 2.05) is 6.92 Å². The molecule has 0 amide bonds. The minimum atomic E-state index is -0.210. The Kier molecular flexibility index (Phi) is 2.79. The van der Waals surface area contributed by atoms with Gasteiger partial charge < -0.3 is 9.47 Å². The molecule has 2 saturated heterocycles. The first-order valence-electron chi connectivity index (χ1n) is 6.62. The molecular formula is C14H20NO3+. The lowest BCUT2D eigenvalue weighted by atomic mass is 10.1. The summed E-state index contributed by atoms with van der Waals surface area (Å²) in [4.78, 5) is 11.6. The standard InChI is InChI=1S/C14H20NO3/c1-3-10(2)14(16)17-8-11-4-6-15-7-5-12(13(11)15)18-9-15/h3-4,12-13H,5-9H2,1-2H3/q+1/b10-3-/t12-,13+,15-/m1/s1. The monoisotopic (exact) mass is 250 g/mol. The van der Waals surface area contributed by atoms with Gasteiger partial charge in [-0.25, -0.2) is 4.79 Å². The summed E-state index contributed by atoms with van der Waals surface area (Å²) < 4.78 is 12.2. The number of carbonyl (C=O) groups is 1. The van der Waals surface area contributed by atoms with E-state index in [9.17, 15) is 4.79 Å². The molecule has 3 aliphatic heterocycles. The quantitative estimate of drug-likeness (QED) is 0.328. The van der Waals surface area contributed by atoms with Crippen LogP contribution in [0.3, 0.4) is 0 Å². The van der Waals surface area contributed by atoms with E-state index in [1.54, 1.807) is 13.0 Å². The van der Waals surface area contributed by atoms with Gasteiger partial charge in [-0.1, -0.05) is 6.08 Å². The van der Waals surface area contributed by atoms with Gasteiger partial charge in [0.2, 0.25) is 0 Å². The summed E-state index contributed by atoms with van der Waals surface area (Å²) in [6.45, 7) is 7.13. The fourth-order valence-corrected chi connectivity index (χ4v) is 3.39.